The molecular weight excluding hydrogens is 390 g/mol. The van der Waals surface area contributed by atoms with Gasteiger partial charge in [0.1, 0.15) is 12.4 Å². The summed E-state index contributed by atoms with van der Waals surface area (Å²) in [6.45, 7) is 7.72. The second kappa shape index (κ2) is 11.1. The summed E-state index contributed by atoms with van der Waals surface area (Å²) < 4.78 is 18.7. The molecule has 31 heavy (non-hydrogen) atoms. The van der Waals surface area contributed by atoms with Crippen molar-refractivity contribution < 1.29 is 19.0 Å². The van der Waals surface area contributed by atoms with Crippen molar-refractivity contribution in [1.82, 2.24) is 4.57 Å². The maximum atomic E-state index is 12.0. The largest absolute Gasteiger partial charge is 0.492 e. The van der Waals surface area contributed by atoms with Crippen LogP contribution in [0.4, 0.5) is 0 Å². The summed E-state index contributed by atoms with van der Waals surface area (Å²) in [5, 5.41) is 0. The van der Waals surface area contributed by atoms with Crippen LogP contribution < -0.4 is 4.74 Å². The molecule has 0 saturated heterocycles. The zero-order valence-corrected chi connectivity index (χ0v) is 18.3. The minimum atomic E-state index is -0.457. The Morgan fingerprint density at radius 1 is 0.903 bits per heavy atom. The van der Waals surface area contributed by atoms with Crippen LogP contribution in [0.5, 0.6) is 5.75 Å². The van der Waals surface area contributed by atoms with Gasteiger partial charge in [-0.2, -0.15) is 0 Å². The first-order valence-corrected chi connectivity index (χ1v) is 10.6. The smallest absolute Gasteiger partial charge is 0.373 e. The predicted molar refractivity (Wildman–Crippen MR) is 123 cm³/mol. The minimum absolute atomic E-state index is 0.203. The molecule has 0 bridgehead atoms. The molecule has 162 valence electrons. The van der Waals surface area contributed by atoms with E-state index < -0.39 is 5.97 Å². The first-order chi connectivity index (χ1) is 15.1. The van der Waals surface area contributed by atoms with Crippen molar-refractivity contribution in [1.29, 1.82) is 0 Å². The van der Waals surface area contributed by atoms with E-state index in [9.17, 15) is 4.79 Å². The molecule has 5 nitrogen and oxygen atoms in total. The molecule has 0 aliphatic heterocycles. The molecule has 0 aliphatic carbocycles. The SMILES string of the molecule is CCOC(=O)/C(=C/c1ccc(OCCn2c(C)ccc2-c2ccccc2)cc1)OCC. The van der Waals surface area contributed by atoms with Crippen LogP contribution in [0.2, 0.25) is 0 Å². The van der Waals surface area contributed by atoms with Crippen molar-refractivity contribution in [3.8, 4) is 17.0 Å². The van der Waals surface area contributed by atoms with Gasteiger partial charge in [-0.05, 0) is 62.2 Å². The van der Waals surface area contributed by atoms with Crippen LogP contribution in [-0.2, 0) is 20.8 Å². The van der Waals surface area contributed by atoms with E-state index in [1.165, 1.54) is 17.0 Å². The third-order valence-electron chi connectivity index (χ3n) is 4.81. The number of aromatic nitrogens is 1. The minimum Gasteiger partial charge on any atom is -0.492 e. The van der Waals surface area contributed by atoms with Gasteiger partial charge in [0.2, 0.25) is 5.76 Å². The number of hydrogen-bond acceptors (Lipinski definition) is 4. The molecule has 1 heterocycles. The van der Waals surface area contributed by atoms with Crippen molar-refractivity contribution in [2.45, 2.75) is 27.3 Å². The number of rotatable bonds is 10. The second-order valence-corrected chi connectivity index (χ2v) is 6.96. The summed E-state index contributed by atoms with van der Waals surface area (Å²) in [6.07, 6.45) is 1.68. The Kier molecular flexibility index (Phi) is 7.93. The zero-order valence-electron chi connectivity index (χ0n) is 18.3. The molecule has 3 aromatic rings. The van der Waals surface area contributed by atoms with Gasteiger partial charge in [-0.15, -0.1) is 0 Å². The maximum Gasteiger partial charge on any atom is 0.373 e. The van der Waals surface area contributed by atoms with Gasteiger partial charge in [0, 0.05) is 11.4 Å². The number of carbonyl (C=O) groups excluding carboxylic acids is 1. The Morgan fingerprint density at radius 3 is 2.29 bits per heavy atom. The fourth-order valence-corrected chi connectivity index (χ4v) is 3.31. The highest BCUT2D eigenvalue weighted by molar-refractivity contribution is 5.91. The lowest BCUT2D eigenvalue weighted by atomic mass is 10.1. The van der Waals surface area contributed by atoms with Gasteiger partial charge >= 0.3 is 5.97 Å². The fourth-order valence-electron chi connectivity index (χ4n) is 3.31. The van der Waals surface area contributed by atoms with Crippen molar-refractivity contribution in [3.05, 3.63) is 83.7 Å². The molecule has 0 amide bonds. The molecule has 0 N–H and O–H groups in total. The van der Waals surface area contributed by atoms with E-state index in [-0.39, 0.29) is 5.76 Å². The molecule has 0 atom stereocenters. The predicted octanol–water partition coefficient (Wildman–Crippen LogP) is 5.48. The van der Waals surface area contributed by atoms with Gasteiger partial charge in [-0.1, -0.05) is 42.5 Å². The summed E-state index contributed by atoms with van der Waals surface area (Å²) >= 11 is 0. The van der Waals surface area contributed by atoms with Crippen LogP contribution in [-0.4, -0.2) is 30.4 Å². The summed E-state index contributed by atoms with van der Waals surface area (Å²) in [6, 6.07) is 22.2. The van der Waals surface area contributed by atoms with Gasteiger partial charge < -0.3 is 18.8 Å². The molecule has 0 fully saturated rings. The lowest BCUT2D eigenvalue weighted by molar-refractivity contribution is -0.142. The topological polar surface area (TPSA) is 49.7 Å². The van der Waals surface area contributed by atoms with Crippen LogP contribution in [0.25, 0.3) is 17.3 Å². The van der Waals surface area contributed by atoms with Crippen LogP contribution in [0.15, 0.2) is 72.5 Å². The van der Waals surface area contributed by atoms with Gasteiger partial charge in [-0.25, -0.2) is 4.79 Å². The normalized spacial score (nSPS) is 11.3. The summed E-state index contributed by atoms with van der Waals surface area (Å²) in [5.41, 5.74) is 4.42. The first-order valence-electron chi connectivity index (χ1n) is 10.6. The third kappa shape index (κ3) is 6.01. The van der Waals surface area contributed by atoms with Crippen molar-refractivity contribution in [2.24, 2.45) is 0 Å². The summed E-state index contributed by atoms with van der Waals surface area (Å²) in [5.74, 6) is 0.521. The first kappa shape index (κ1) is 22.2. The lowest BCUT2D eigenvalue weighted by Gasteiger charge is -2.13. The monoisotopic (exact) mass is 419 g/mol. The Bertz CT molecular complexity index is 1000. The maximum absolute atomic E-state index is 12.0. The second-order valence-electron chi connectivity index (χ2n) is 6.96. The van der Waals surface area contributed by atoms with Crippen LogP contribution >= 0.6 is 0 Å². The molecule has 0 saturated carbocycles. The molecule has 5 heteroatoms. The number of nitrogens with zero attached hydrogens (tertiary/aromatic N) is 1. The van der Waals surface area contributed by atoms with E-state index in [4.69, 9.17) is 14.2 Å². The van der Waals surface area contributed by atoms with Crippen LogP contribution in [0.1, 0.15) is 25.1 Å². The molecule has 0 unspecified atom stereocenters. The highest BCUT2D eigenvalue weighted by Crippen LogP contribution is 2.22. The molecule has 0 spiro atoms. The van der Waals surface area contributed by atoms with Gasteiger partial charge in [0.15, 0.2) is 0 Å². The van der Waals surface area contributed by atoms with Gasteiger partial charge in [0.25, 0.3) is 0 Å². The van der Waals surface area contributed by atoms with E-state index in [0.29, 0.717) is 19.8 Å². The average Bonchev–Trinajstić information content (AvgIpc) is 3.16. The quantitative estimate of drug-likeness (QED) is 0.248. The molecule has 0 aliphatic rings. The standard InChI is InChI=1S/C26H29NO4/c1-4-29-25(26(28)30-5-2)19-21-12-14-23(15-13-21)31-18-17-27-20(3)11-16-24(27)22-9-7-6-8-10-22/h6-16,19H,4-5,17-18H2,1-3H3/b25-19-. The van der Waals surface area contributed by atoms with Crippen molar-refractivity contribution >= 4 is 12.0 Å². The fraction of sp³-hybridized carbons (Fsp3) is 0.269. The van der Waals surface area contributed by atoms with E-state index in [2.05, 4.69) is 35.8 Å². The highest BCUT2D eigenvalue weighted by Gasteiger charge is 2.12. The Balaban J connectivity index is 1.62. The average molecular weight is 420 g/mol. The number of benzene rings is 2. The van der Waals surface area contributed by atoms with Crippen LogP contribution in [0, 0.1) is 6.92 Å². The number of hydrogen-bond donors (Lipinski definition) is 0. The lowest BCUT2D eigenvalue weighted by Crippen LogP contribution is -2.11. The van der Waals surface area contributed by atoms with Crippen molar-refractivity contribution in [3.63, 3.8) is 0 Å². The number of aryl methyl sites for hydroxylation is 1. The van der Waals surface area contributed by atoms with E-state index in [1.54, 1.807) is 13.0 Å². The van der Waals surface area contributed by atoms with E-state index in [1.807, 2.05) is 49.4 Å². The van der Waals surface area contributed by atoms with Crippen molar-refractivity contribution in [2.75, 3.05) is 19.8 Å². The molecular formula is C26H29NO4. The number of carbonyl (C=O) groups is 1. The Labute approximate surface area is 183 Å². The Morgan fingerprint density at radius 2 is 1.61 bits per heavy atom. The summed E-state index contributed by atoms with van der Waals surface area (Å²) in [7, 11) is 0. The van der Waals surface area contributed by atoms with Crippen LogP contribution in [0.3, 0.4) is 0 Å². The number of esters is 1. The molecule has 2 aromatic carbocycles. The van der Waals surface area contributed by atoms with Gasteiger partial charge in [-0.3, -0.25) is 0 Å². The van der Waals surface area contributed by atoms with E-state index in [0.717, 1.165) is 17.9 Å². The highest BCUT2D eigenvalue weighted by atomic mass is 16.6. The van der Waals surface area contributed by atoms with E-state index >= 15 is 0 Å². The van der Waals surface area contributed by atoms with Gasteiger partial charge in [0.05, 0.1) is 19.8 Å². The zero-order chi connectivity index (χ0) is 22.1. The molecule has 3 rings (SSSR count). The summed E-state index contributed by atoms with van der Waals surface area (Å²) in [4.78, 5) is 12.0. The number of ether oxygens (including phenoxy) is 3. The molecule has 1 aromatic heterocycles. The molecule has 0 radical (unpaired) electrons. The Hall–Kier alpha value is -3.47. The third-order valence-corrected chi connectivity index (χ3v) is 4.81.